The first-order chi connectivity index (χ1) is 16.5. The normalized spacial score (nSPS) is 14.6. The Bertz CT molecular complexity index is 1410. The number of carbonyl (C=O) groups excluding carboxylic acids is 1. The van der Waals surface area contributed by atoms with Crippen LogP contribution in [0.4, 0.5) is 4.39 Å². The number of carbonyl (C=O) groups is 1. The summed E-state index contributed by atoms with van der Waals surface area (Å²) in [5.41, 5.74) is 1.39. The molecule has 6 nitrogen and oxygen atoms in total. The summed E-state index contributed by atoms with van der Waals surface area (Å²) in [6, 6.07) is 18.1. The fraction of sp³-hybridized carbons (Fsp3) is 0.269. The maximum Gasteiger partial charge on any atom is 0.275 e. The second-order valence-corrected chi connectivity index (χ2v) is 9.70. The molecule has 2 aromatic heterocycles. The van der Waals surface area contributed by atoms with Gasteiger partial charge in [-0.1, -0.05) is 30.3 Å². The highest BCUT2D eigenvalue weighted by Gasteiger charge is 2.23. The van der Waals surface area contributed by atoms with Crippen molar-refractivity contribution in [3.63, 3.8) is 0 Å². The summed E-state index contributed by atoms with van der Waals surface area (Å²) < 4.78 is 14.8. The molecule has 0 unspecified atom stereocenters. The third-order valence-corrected chi connectivity index (χ3v) is 7.33. The number of aryl methyl sites for hydroxylation is 1. The molecule has 2 aromatic carbocycles. The van der Waals surface area contributed by atoms with Crippen molar-refractivity contribution >= 4 is 28.0 Å². The van der Waals surface area contributed by atoms with Crippen LogP contribution in [0.5, 0.6) is 0 Å². The molecule has 0 spiro atoms. The Morgan fingerprint density at radius 1 is 1.00 bits per heavy atom. The third-order valence-electron chi connectivity index (χ3n) is 6.21. The summed E-state index contributed by atoms with van der Waals surface area (Å²) in [4.78, 5) is 32.1. The summed E-state index contributed by atoms with van der Waals surface area (Å²) in [6.07, 6.45) is 0. The Morgan fingerprint density at radius 3 is 2.53 bits per heavy atom. The van der Waals surface area contributed by atoms with Gasteiger partial charge in [0.15, 0.2) is 0 Å². The Morgan fingerprint density at radius 2 is 1.76 bits per heavy atom. The Labute approximate surface area is 200 Å². The van der Waals surface area contributed by atoms with E-state index >= 15 is 0 Å². The van der Waals surface area contributed by atoms with E-state index in [1.807, 2.05) is 42.2 Å². The lowest BCUT2D eigenvalue weighted by molar-refractivity contribution is -0.133. The van der Waals surface area contributed by atoms with Gasteiger partial charge in [0.2, 0.25) is 5.91 Å². The molecule has 0 atom stereocenters. The molecule has 34 heavy (non-hydrogen) atoms. The molecule has 174 valence electrons. The molecule has 0 bridgehead atoms. The molecule has 8 heteroatoms. The molecule has 0 aliphatic carbocycles. The Hall–Kier alpha value is -3.36. The second-order valence-electron chi connectivity index (χ2n) is 8.53. The topological polar surface area (TPSA) is 58.4 Å². The van der Waals surface area contributed by atoms with Crippen LogP contribution in [0.2, 0.25) is 0 Å². The lowest BCUT2D eigenvalue weighted by Crippen LogP contribution is -2.49. The summed E-state index contributed by atoms with van der Waals surface area (Å²) >= 11 is 1.67. The number of hydrogen-bond acceptors (Lipinski definition) is 5. The van der Waals surface area contributed by atoms with Crippen molar-refractivity contribution in [3.05, 3.63) is 87.4 Å². The molecule has 5 rings (SSSR count). The van der Waals surface area contributed by atoms with Crippen molar-refractivity contribution in [1.29, 1.82) is 0 Å². The predicted octanol–water partition coefficient (Wildman–Crippen LogP) is 3.92. The van der Waals surface area contributed by atoms with E-state index in [-0.39, 0.29) is 23.8 Å². The monoisotopic (exact) mass is 476 g/mol. The fourth-order valence-electron chi connectivity index (χ4n) is 4.38. The maximum atomic E-state index is 13.5. The van der Waals surface area contributed by atoms with Crippen LogP contribution in [0, 0.1) is 12.7 Å². The number of hydrogen-bond donors (Lipinski definition) is 0. The van der Waals surface area contributed by atoms with E-state index < -0.39 is 0 Å². The van der Waals surface area contributed by atoms with Crippen LogP contribution in [-0.2, 0) is 17.9 Å². The number of halogens is 1. The van der Waals surface area contributed by atoms with Gasteiger partial charge in [0, 0.05) is 47.9 Å². The van der Waals surface area contributed by atoms with E-state index in [1.165, 1.54) is 15.6 Å². The number of amides is 1. The number of fused-ring (bicyclic) bond motifs is 1. The predicted molar refractivity (Wildman–Crippen MR) is 132 cm³/mol. The zero-order chi connectivity index (χ0) is 23.7. The minimum atomic E-state index is -0.236. The largest absolute Gasteiger partial charge is 0.339 e. The molecular weight excluding hydrogens is 451 g/mol. The van der Waals surface area contributed by atoms with Gasteiger partial charge < -0.3 is 4.90 Å². The highest BCUT2D eigenvalue weighted by molar-refractivity contribution is 7.15. The van der Waals surface area contributed by atoms with E-state index in [2.05, 4.69) is 16.1 Å². The molecule has 1 aliphatic heterocycles. The number of nitrogens with zero attached hydrogens (tertiary/aromatic N) is 4. The van der Waals surface area contributed by atoms with E-state index in [9.17, 15) is 14.0 Å². The van der Waals surface area contributed by atoms with Crippen LogP contribution in [0.15, 0.2) is 65.5 Å². The lowest BCUT2D eigenvalue weighted by Gasteiger charge is -2.34. The van der Waals surface area contributed by atoms with Crippen LogP contribution in [0.3, 0.4) is 0 Å². The summed E-state index contributed by atoms with van der Waals surface area (Å²) in [5.74, 6) is -0.321. The van der Waals surface area contributed by atoms with Gasteiger partial charge in [-0.15, -0.1) is 11.3 Å². The second kappa shape index (κ2) is 9.48. The Balaban J connectivity index is 1.19. The van der Waals surface area contributed by atoms with Crippen LogP contribution < -0.4 is 5.56 Å². The molecular formula is C26H25FN4O2S. The quantitative estimate of drug-likeness (QED) is 0.438. The number of piperazine rings is 1. The SMILES string of the molecule is Cc1nn(CC(=O)N2CCN(Cc3ccc(-c4cccc(F)c4)s3)CC2)c(=O)c2ccccc12. The molecule has 1 saturated heterocycles. The van der Waals surface area contributed by atoms with Gasteiger partial charge in [-0.05, 0) is 42.8 Å². The minimum absolute atomic E-state index is 0.0492. The summed E-state index contributed by atoms with van der Waals surface area (Å²) in [5, 5.41) is 5.77. The standard InChI is InChI=1S/C26H25FN4O2S/c1-18-22-7-2-3-8-23(22)26(33)31(28-18)17-25(32)30-13-11-29(12-14-30)16-21-9-10-24(34-21)19-5-4-6-20(27)15-19/h2-10,15H,11-14,16-17H2,1H3. The average Bonchev–Trinajstić information content (AvgIpc) is 3.31. The van der Waals surface area contributed by atoms with Crippen LogP contribution in [0.1, 0.15) is 10.6 Å². The molecule has 0 saturated carbocycles. The molecule has 3 heterocycles. The number of rotatable bonds is 5. The van der Waals surface area contributed by atoms with E-state index in [4.69, 9.17) is 0 Å². The first-order valence-corrected chi connectivity index (χ1v) is 12.1. The van der Waals surface area contributed by atoms with Gasteiger partial charge in [-0.25, -0.2) is 9.07 Å². The third kappa shape index (κ3) is 4.64. The average molecular weight is 477 g/mol. The van der Waals surface area contributed by atoms with Gasteiger partial charge in [-0.3, -0.25) is 14.5 Å². The highest BCUT2D eigenvalue weighted by atomic mass is 32.1. The lowest BCUT2D eigenvalue weighted by atomic mass is 10.1. The Kier molecular flexibility index (Phi) is 6.26. The first kappa shape index (κ1) is 22.4. The minimum Gasteiger partial charge on any atom is -0.339 e. The molecule has 1 amide bonds. The molecule has 1 fully saturated rings. The van der Waals surface area contributed by atoms with Gasteiger partial charge in [0.25, 0.3) is 5.56 Å². The van der Waals surface area contributed by atoms with Crippen molar-refractivity contribution in [1.82, 2.24) is 19.6 Å². The van der Waals surface area contributed by atoms with Crippen molar-refractivity contribution in [2.75, 3.05) is 26.2 Å². The van der Waals surface area contributed by atoms with Crippen molar-refractivity contribution in [2.45, 2.75) is 20.0 Å². The van der Waals surface area contributed by atoms with Crippen molar-refractivity contribution < 1.29 is 9.18 Å². The van der Waals surface area contributed by atoms with E-state index in [1.54, 1.807) is 29.5 Å². The smallest absolute Gasteiger partial charge is 0.275 e. The summed E-state index contributed by atoms with van der Waals surface area (Å²) in [6.45, 7) is 5.35. The van der Waals surface area contributed by atoms with Crippen molar-refractivity contribution in [3.8, 4) is 10.4 Å². The fourth-order valence-corrected chi connectivity index (χ4v) is 5.42. The van der Waals surface area contributed by atoms with Crippen LogP contribution >= 0.6 is 11.3 Å². The summed E-state index contributed by atoms with van der Waals surface area (Å²) in [7, 11) is 0. The zero-order valence-corrected chi connectivity index (χ0v) is 19.7. The molecule has 1 aliphatic rings. The van der Waals surface area contributed by atoms with Crippen LogP contribution in [-0.4, -0.2) is 51.7 Å². The van der Waals surface area contributed by atoms with Gasteiger partial charge in [0.05, 0.1) is 11.1 Å². The number of thiophene rings is 1. The van der Waals surface area contributed by atoms with Gasteiger partial charge in [-0.2, -0.15) is 5.10 Å². The molecule has 0 N–H and O–H groups in total. The molecule has 0 radical (unpaired) electrons. The van der Waals surface area contributed by atoms with Crippen LogP contribution in [0.25, 0.3) is 21.2 Å². The number of aromatic nitrogens is 2. The zero-order valence-electron chi connectivity index (χ0n) is 18.9. The first-order valence-electron chi connectivity index (χ1n) is 11.3. The highest BCUT2D eigenvalue weighted by Crippen LogP contribution is 2.29. The van der Waals surface area contributed by atoms with Gasteiger partial charge in [0.1, 0.15) is 12.4 Å². The number of benzene rings is 2. The maximum absolute atomic E-state index is 13.5. The molecule has 4 aromatic rings. The van der Waals surface area contributed by atoms with Gasteiger partial charge >= 0.3 is 0 Å². The van der Waals surface area contributed by atoms with E-state index in [0.29, 0.717) is 18.5 Å². The van der Waals surface area contributed by atoms with E-state index in [0.717, 1.165) is 41.2 Å². The van der Waals surface area contributed by atoms with Crippen molar-refractivity contribution in [2.24, 2.45) is 0 Å².